The van der Waals surface area contributed by atoms with E-state index in [-0.39, 0.29) is 11.3 Å². The zero-order chi connectivity index (χ0) is 15.5. The van der Waals surface area contributed by atoms with Gasteiger partial charge in [0.25, 0.3) is 5.91 Å². The fourth-order valence-electron chi connectivity index (χ4n) is 2.08. The molecule has 0 atom stereocenters. The van der Waals surface area contributed by atoms with Gasteiger partial charge in [0.15, 0.2) is 0 Å². The number of methoxy groups -OCH3 is 1. The van der Waals surface area contributed by atoms with E-state index >= 15 is 0 Å². The van der Waals surface area contributed by atoms with Crippen LogP contribution in [0.5, 0.6) is 5.75 Å². The van der Waals surface area contributed by atoms with E-state index in [1.807, 2.05) is 36.4 Å². The van der Waals surface area contributed by atoms with Crippen LogP contribution in [0.25, 0.3) is 0 Å². The molecule has 0 radical (unpaired) electrons. The quantitative estimate of drug-likeness (QED) is 0.914. The van der Waals surface area contributed by atoms with Gasteiger partial charge in [0, 0.05) is 5.69 Å². The highest BCUT2D eigenvalue weighted by molar-refractivity contribution is 6.06. The summed E-state index contributed by atoms with van der Waals surface area (Å²) in [5.74, 6) is 0.400. The number of hydrogen-bond donors (Lipinski definition) is 1. The zero-order valence-electron chi connectivity index (χ0n) is 12.9. The van der Waals surface area contributed by atoms with E-state index in [1.165, 1.54) is 5.56 Å². The number of para-hydroxylation sites is 1. The van der Waals surface area contributed by atoms with Crippen molar-refractivity contribution in [1.82, 2.24) is 0 Å². The van der Waals surface area contributed by atoms with Crippen molar-refractivity contribution in [3.05, 3.63) is 59.7 Å². The summed E-state index contributed by atoms with van der Waals surface area (Å²) >= 11 is 0. The first-order valence-corrected chi connectivity index (χ1v) is 6.97. The van der Waals surface area contributed by atoms with Gasteiger partial charge >= 0.3 is 0 Å². The molecule has 21 heavy (non-hydrogen) atoms. The van der Waals surface area contributed by atoms with Gasteiger partial charge in [-0.2, -0.15) is 0 Å². The van der Waals surface area contributed by atoms with Crippen molar-refractivity contribution < 1.29 is 9.53 Å². The standard InChI is InChI=1S/C18H21NO2/c1-18(2,3)13-9-11-14(12-10-13)19-17(20)15-7-5-6-8-16(15)21-4/h5-12H,1-4H3,(H,19,20). The molecule has 0 saturated heterocycles. The Bertz CT molecular complexity index is 624. The maximum absolute atomic E-state index is 12.3. The average Bonchev–Trinajstić information content (AvgIpc) is 2.46. The van der Waals surface area contributed by atoms with Crippen LogP contribution in [0.15, 0.2) is 48.5 Å². The second-order valence-electron chi connectivity index (χ2n) is 5.98. The summed E-state index contributed by atoms with van der Waals surface area (Å²) in [6, 6.07) is 15.1. The lowest BCUT2D eigenvalue weighted by atomic mass is 9.87. The van der Waals surface area contributed by atoms with Gasteiger partial charge in [0.2, 0.25) is 0 Å². The number of hydrogen-bond acceptors (Lipinski definition) is 2. The first-order chi connectivity index (χ1) is 9.91. The van der Waals surface area contributed by atoms with E-state index in [4.69, 9.17) is 4.74 Å². The van der Waals surface area contributed by atoms with Crippen LogP contribution in [0.1, 0.15) is 36.7 Å². The third kappa shape index (κ3) is 3.63. The highest BCUT2D eigenvalue weighted by Gasteiger charge is 2.14. The van der Waals surface area contributed by atoms with Crippen molar-refractivity contribution in [1.29, 1.82) is 0 Å². The maximum atomic E-state index is 12.3. The summed E-state index contributed by atoms with van der Waals surface area (Å²) in [4.78, 5) is 12.3. The molecule has 3 nitrogen and oxygen atoms in total. The Morgan fingerprint density at radius 3 is 2.19 bits per heavy atom. The predicted octanol–water partition coefficient (Wildman–Crippen LogP) is 4.25. The molecule has 110 valence electrons. The smallest absolute Gasteiger partial charge is 0.259 e. The topological polar surface area (TPSA) is 38.3 Å². The van der Waals surface area contributed by atoms with Crippen molar-refractivity contribution >= 4 is 11.6 Å². The van der Waals surface area contributed by atoms with Crippen LogP contribution in [-0.2, 0) is 5.41 Å². The number of amides is 1. The molecule has 0 aromatic heterocycles. The van der Waals surface area contributed by atoms with Crippen molar-refractivity contribution in [2.45, 2.75) is 26.2 Å². The van der Waals surface area contributed by atoms with Crippen LogP contribution in [0, 0.1) is 0 Å². The SMILES string of the molecule is COc1ccccc1C(=O)Nc1ccc(C(C)(C)C)cc1. The van der Waals surface area contributed by atoms with Gasteiger partial charge in [-0.1, -0.05) is 45.0 Å². The second-order valence-corrected chi connectivity index (χ2v) is 5.98. The Balaban J connectivity index is 2.16. The minimum Gasteiger partial charge on any atom is -0.496 e. The number of carbonyl (C=O) groups is 1. The van der Waals surface area contributed by atoms with Crippen LogP contribution >= 0.6 is 0 Å². The van der Waals surface area contributed by atoms with Crippen molar-refractivity contribution in [3.8, 4) is 5.75 Å². The van der Waals surface area contributed by atoms with Crippen LogP contribution < -0.4 is 10.1 Å². The molecular formula is C18H21NO2. The minimum absolute atomic E-state index is 0.102. The molecule has 3 heteroatoms. The largest absolute Gasteiger partial charge is 0.496 e. The molecule has 2 aromatic carbocycles. The zero-order valence-corrected chi connectivity index (χ0v) is 12.9. The molecule has 0 unspecified atom stereocenters. The summed E-state index contributed by atoms with van der Waals surface area (Å²) in [5.41, 5.74) is 2.64. The summed E-state index contributed by atoms with van der Waals surface area (Å²) in [6.45, 7) is 6.49. The van der Waals surface area contributed by atoms with Gasteiger partial charge in [0.1, 0.15) is 5.75 Å². The van der Waals surface area contributed by atoms with E-state index in [2.05, 4.69) is 26.1 Å². The number of nitrogens with one attached hydrogen (secondary N) is 1. The fourth-order valence-corrected chi connectivity index (χ4v) is 2.08. The van der Waals surface area contributed by atoms with Gasteiger partial charge in [-0.25, -0.2) is 0 Å². The van der Waals surface area contributed by atoms with E-state index in [1.54, 1.807) is 19.2 Å². The van der Waals surface area contributed by atoms with Gasteiger partial charge in [-0.3, -0.25) is 4.79 Å². The Hall–Kier alpha value is -2.29. The highest BCUT2D eigenvalue weighted by atomic mass is 16.5. The molecule has 0 spiro atoms. The van der Waals surface area contributed by atoms with Crippen LogP contribution in [0.3, 0.4) is 0 Å². The lowest BCUT2D eigenvalue weighted by Gasteiger charge is -2.19. The van der Waals surface area contributed by atoms with E-state index in [0.717, 1.165) is 5.69 Å². The normalized spacial score (nSPS) is 11.0. The molecule has 0 aliphatic rings. The molecule has 1 N–H and O–H groups in total. The lowest BCUT2D eigenvalue weighted by molar-refractivity contribution is 0.102. The maximum Gasteiger partial charge on any atom is 0.259 e. The van der Waals surface area contributed by atoms with E-state index in [0.29, 0.717) is 11.3 Å². The van der Waals surface area contributed by atoms with Crippen molar-refractivity contribution in [3.63, 3.8) is 0 Å². The molecule has 0 bridgehead atoms. The summed E-state index contributed by atoms with van der Waals surface area (Å²) in [5, 5.41) is 2.89. The third-order valence-electron chi connectivity index (χ3n) is 3.36. The molecule has 0 fully saturated rings. The highest BCUT2D eigenvalue weighted by Crippen LogP contribution is 2.24. The van der Waals surface area contributed by atoms with E-state index in [9.17, 15) is 4.79 Å². The molecule has 2 aromatic rings. The molecule has 0 heterocycles. The number of ether oxygens (including phenoxy) is 1. The number of anilines is 1. The Kier molecular flexibility index (Phi) is 4.32. The predicted molar refractivity (Wildman–Crippen MR) is 86.1 cm³/mol. The Morgan fingerprint density at radius 1 is 1.00 bits per heavy atom. The Labute approximate surface area is 126 Å². The van der Waals surface area contributed by atoms with Gasteiger partial charge in [-0.15, -0.1) is 0 Å². The minimum atomic E-state index is -0.170. The van der Waals surface area contributed by atoms with Gasteiger partial charge in [0.05, 0.1) is 12.7 Å². The molecule has 1 amide bonds. The van der Waals surface area contributed by atoms with E-state index < -0.39 is 0 Å². The van der Waals surface area contributed by atoms with Gasteiger partial charge < -0.3 is 10.1 Å². The van der Waals surface area contributed by atoms with Crippen LogP contribution in [0.2, 0.25) is 0 Å². The molecular weight excluding hydrogens is 262 g/mol. The first kappa shape index (κ1) is 15.1. The summed E-state index contributed by atoms with van der Waals surface area (Å²) < 4.78 is 5.21. The number of rotatable bonds is 3. The molecule has 0 aliphatic heterocycles. The van der Waals surface area contributed by atoms with Crippen molar-refractivity contribution in [2.75, 3.05) is 12.4 Å². The fraction of sp³-hybridized carbons (Fsp3) is 0.278. The first-order valence-electron chi connectivity index (χ1n) is 6.97. The summed E-state index contributed by atoms with van der Waals surface area (Å²) in [6.07, 6.45) is 0. The van der Waals surface area contributed by atoms with Gasteiger partial charge in [-0.05, 0) is 35.2 Å². The molecule has 0 aliphatic carbocycles. The molecule has 2 rings (SSSR count). The average molecular weight is 283 g/mol. The number of benzene rings is 2. The van der Waals surface area contributed by atoms with Crippen molar-refractivity contribution in [2.24, 2.45) is 0 Å². The number of carbonyl (C=O) groups excluding carboxylic acids is 1. The summed E-state index contributed by atoms with van der Waals surface area (Å²) in [7, 11) is 1.56. The third-order valence-corrected chi connectivity index (χ3v) is 3.36. The lowest BCUT2D eigenvalue weighted by Crippen LogP contribution is -2.14. The van der Waals surface area contributed by atoms with Crippen LogP contribution in [0.4, 0.5) is 5.69 Å². The Morgan fingerprint density at radius 2 is 1.62 bits per heavy atom. The molecule has 0 saturated carbocycles. The second kappa shape index (κ2) is 6.00. The monoisotopic (exact) mass is 283 g/mol. The van der Waals surface area contributed by atoms with Crippen LogP contribution in [-0.4, -0.2) is 13.0 Å².